The summed E-state index contributed by atoms with van der Waals surface area (Å²) in [5.41, 5.74) is 11.4. The van der Waals surface area contributed by atoms with Gasteiger partial charge in [-0.2, -0.15) is 0 Å². The van der Waals surface area contributed by atoms with Gasteiger partial charge in [0.05, 0.1) is 0 Å². The Hall–Kier alpha value is -1.64. The molecule has 3 N–H and O–H groups in total. The second-order valence-corrected chi connectivity index (χ2v) is 6.37. The molecule has 2 aromatic rings. The van der Waals surface area contributed by atoms with Gasteiger partial charge >= 0.3 is 0 Å². The Morgan fingerprint density at radius 2 is 1.52 bits per heavy atom. The molecule has 0 saturated heterocycles. The third kappa shape index (κ3) is 2.61. The monoisotopic (exact) mass is 280 g/mol. The molecule has 1 aliphatic rings. The zero-order valence-electron chi connectivity index (χ0n) is 13.1. The van der Waals surface area contributed by atoms with Gasteiger partial charge in [0.2, 0.25) is 0 Å². The maximum Gasteiger partial charge on any atom is 0.0497 e. The van der Waals surface area contributed by atoms with Gasteiger partial charge in [-0.25, -0.2) is 0 Å². The number of aryl methyl sites for hydroxylation is 3. The van der Waals surface area contributed by atoms with Crippen molar-refractivity contribution < 1.29 is 0 Å². The number of benzene rings is 2. The molecule has 0 aliphatic heterocycles. The minimum atomic E-state index is 0.219. The predicted molar refractivity (Wildman–Crippen MR) is 88.1 cm³/mol. The number of hydrogen-bond donors (Lipinski definition) is 2. The van der Waals surface area contributed by atoms with E-state index in [9.17, 15) is 0 Å². The van der Waals surface area contributed by atoms with Crippen molar-refractivity contribution in [1.82, 2.24) is 5.43 Å². The summed E-state index contributed by atoms with van der Waals surface area (Å²) in [5.74, 6) is 6.46. The lowest BCUT2D eigenvalue weighted by Crippen LogP contribution is -2.34. The van der Waals surface area contributed by atoms with Crippen molar-refractivity contribution in [3.05, 3.63) is 69.8 Å². The van der Waals surface area contributed by atoms with E-state index in [4.69, 9.17) is 5.84 Å². The predicted octanol–water partition coefficient (Wildman–Crippen LogP) is 3.53. The fourth-order valence-corrected chi connectivity index (χ4v) is 3.63. The first-order chi connectivity index (χ1) is 10.1. The molecule has 1 unspecified atom stereocenters. The topological polar surface area (TPSA) is 38.0 Å². The smallest absolute Gasteiger partial charge is 0.0497 e. The third-order valence-corrected chi connectivity index (χ3v) is 4.95. The highest BCUT2D eigenvalue weighted by molar-refractivity contribution is 5.40. The summed E-state index contributed by atoms with van der Waals surface area (Å²) in [6.07, 6.45) is 2.22. The lowest BCUT2D eigenvalue weighted by Gasteiger charge is -2.25. The van der Waals surface area contributed by atoms with Crippen LogP contribution in [-0.2, 0) is 12.8 Å². The van der Waals surface area contributed by atoms with Crippen LogP contribution in [0.25, 0.3) is 0 Å². The van der Waals surface area contributed by atoms with Gasteiger partial charge in [0.15, 0.2) is 0 Å². The summed E-state index contributed by atoms with van der Waals surface area (Å²) in [6, 6.07) is 13.6. The van der Waals surface area contributed by atoms with Crippen molar-refractivity contribution in [1.29, 1.82) is 0 Å². The quantitative estimate of drug-likeness (QED) is 0.667. The number of rotatable bonds is 3. The van der Waals surface area contributed by atoms with Crippen LogP contribution in [0.1, 0.15) is 39.4 Å². The average molecular weight is 280 g/mol. The van der Waals surface area contributed by atoms with E-state index in [2.05, 4.69) is 62.6 Å². The van der Waals surface area contributed by atoms with Gasteiger partial charge in [-0.3, -0.25) is 11.3 Å². The molecule has 2 nitrogen and oxygen atoms in total. The first kappa shape index (κ1) is 14.3. The van der Waals surface area contributed by atoms with Gasteiger partial charge in [0.1, 0.15) is 0 Å². The van der Waals surface area contributed by atoms with Crippen LogP contribution in [0.3, 0.4) is 0 Å². The molecule has 1 atom stereocenters. The average Bonchev–Trinajstić information content (AvgIpc) is 2.88. The third-order valence-electron chi connectivity index (χ3n) is 4.95. The van der Waals surface area contributed by atoms with Crippen LogP contribution in [0.2, 0.25) is 0 Å². The largest absolute Gasteiger partial charge is 0.271 e. The van der Waals surface area contributed by atoms with Gasteiger partial charge in [-0.1, -0.05) is 36.4 Å². The molecule has 21 heavy (non-hydrogen) atoms. The summed E-state index contributed by atoms with van der Waals surface area (Å²) in [7, 11) is 0. The van der Waals surface area contributed by atoms with Crippen LogP contribution >= 0.6 is 0 Å². The molecule has 2 heteroatoms. The molecule has 2 aromatic carbocycles. The minimum Gasteiger partial charge on any atom is -0.271 e. The molecule has 0 aromatic heterocycles. The van der Waals surface area contributed by atoms with E-state index in [1.165, 1.54) is 33.4 Å². The summed E-state index contributed by atoms with van der Waals surface area (Å²) in [5, 5.41) is 0. The van der Waals surface area contributed by atoms with Crippen molar-refractivity contribution >= 4 is 0 Å². The van der Waals surface area contributed by atoms with Gasteiger partial charge in [0, 0.05) is 6.04 Å². The summed E-state index contributed by atoms with van der Waals surface area (Å²) >= 11 is 0. The highest BCUT2D eigenvalue weighted by atomic mass is 15.2. The standard InChI is InChI=1S/C19H24N2/c1-12-8-14(3)18(9-13(12)2)19(21-20)17-10-15-6-4-5-7-16(15)11-17/h4-9,17,19,21H,10-11,20H2,1-3H3. The second kappa shape index (κ2) is 5.63. The number of nitrogens with one attached hydrogen (secondary N) is 1. The normalized spacial score (nSPS) is 16.0. The lowest BCUT2D eigenvalue weighted by molar-refractivity contribution is 0.378. The van der Waals surface area contributed by atoms with Gasteiger partial charge < -0.3 is 0 Å². The van der Waals surface area contributed by atoms with E-state index in [0.29, 0.717) is 5.92 Å². The Morgan fingerprint density at radius 1 is 0.952 bits per heavy atom. The first-order valence-corrected chi connectivity index (χ1v) is 7.71. The van der Waals surface area contributed by atoms with Crippen molar-refractivity contribution in [2.75, 3.05) is 0 Å². The molecule has 0 amide bonds. The SMILES string of the molecule is Cc1cc(C)c(C(NN)C2Cc3ccccc3C2)cc1C. The summed E-state index contributed by atoms with van der Waals surface area (Å²) in [4.78, 5) is 0. The fraction of sp³-hybridized carbons (Fsp3) is 0.368. The maximum absolute atomic E-state index is 5.93. The van der Waals surface area contributed by atoms with Crippen molar-refractivity contribution in [3.63, 3.8) is 0 Å². The second-order valence-electron chi connectivity index (χ2n) is 6.37. The van der Waals surface area contributed by atoms with Crippen molar-refractivity contribution in [2.24, 2.45) is 11.8 Å². The molecule has 0 radical (unpaired) electrons. The Labute approximate surface area is 127 Å². The zero-order chi connectivity index (χ0) is 15.0. The fourth-order valence-electron chi connectivity index (χ4n) is 3.63. The van der Waals surface area contributed by atoms with Crippen LogP contribution in [0.4, 0.5) is 0 Å². The molecule has 0 fully saturated rings. The van der Waals surface area contributed by atoms with E-state index >= 15 is 0 Å². The number of hydrogen-bond acceptors (Lipinski definition) is 2. The lowest BCUT2D eigenvalue weighted by atomic mass is 9.87. The molecule has 0 heterocycles. The number of hydrazine groups is 1. The van der Waals surface area contributed by atoms with Crippen LogP contribution < -0.4 is 11.3 Å². The van der Waals surface area contributed by atoms with Gasteiger partial charge in [-0.05, 0) is 72.9 Å². The Balaban J connectivity index is 1.92. The molecule has 0 saturated carbocycles. The van der Waals surface area contributed by atoms with Crippen molar-refractivity contribution in [2.45, 2.75) is 39.7 Å². The summed E-state index contributed by atoms with van der Waals surface area (Å²) in [6.45, 7) is 6.53. The number of fused-ring (bicyclic) bond motifs is 1. The minimum absolute atomic E-state index is 0.219. The first-order valence-electron chi connectivity index (χ1n) is 7.71. The molecule has 3 rings (SSSR count). The van der Waals surface area contributed by atoms with Gasteiger partial charge in [0.25, 0.3) is 0 Å². The molecule has 0 bridgehead atoms. The molecule has 110 valence electrons. The summed E-state index contributed by atoms with van der Waals surface area (Å²) < 4.78 is 0. The maximum atomic E-state index is 5.93. The highest BCUT2D eigenvalue weighted by Gasteiger charge is 2.29. The molecular weight excluding hydrogens is 256 g/mol. The van der Waals surface area contributed by atoms with E-state index in [1.807, 2.05) is 0 Å². The van der Waals surface area contributed by atoms with E-state index in [0.717, 1.165) is 12.8 Å². The van der Waals surface area contributed by atoms with Crippen molar-refractivity contribution in [3.8, 4) is 0 Å². The zero-order valence-corrected chi connectivity index (χ0v) is 13.1. The molecule has 1 aliphatic carbocycles. The van der Waals surface area contributed by atoms with Crippen LogP contribution in [0.15, 0.2) is 36.4 Å². The highest BCUT2D eigenvalue weighted by Crippen LogP contribution is 2.36. The van der Waals surface area contributed by atoms with E-state index in [1.54, 1.807) is 0 Å². The van der Waals surface area contributed by atoms with Crippen LogP contribution in [0, 0.1) is 26.7 Å². The Kier molecular flexibility index (Phi) is 3.83. The van der Waals surface area contributed by atoms with Gasteiger partial charge in [-0.15, -0.1) is 0 Å². The van der Waals surface area contributed by atoms with E-state index < -0.39 is 0 Å². The van der Waals surface area contributed by atoms with Crippen LogP contribution in [0.5, 0.6) is 0 Å². The van der Waals surface area contributed by atoms with E-state index in [-0.39, 0.29) is 6.04 Å². The Bertz CT molecular complexity index is 636. The van der Waals surface area contributed by atoms with Crippen LogP contribution in [-0.4, -0.2) is 0 Å². The Morgan fingerprint density at radius 3 is 2.10 bits per heavy atom. The number of nitrogens with two attached hydrogens (primary N) is 1. The molecule has 0 spiro atoms. The molecular formula is C19H24N2.